The minimum absolute atomic E-state index is 0.0168. The van der Waals surface area contributed by atoms with Crippen molar-refractivity contribution in [2.75, 3.05) is 25.9 Å². The molecule has 112 valence electrons. The molecule has 0 aliphatic carbocycles. The van der Waals surface area contributed by atoms with Crippen molar-refractivity contribution < 1.29 is 8.42 Å². The normalized spacial score (nSPS) is 24.7. The van der Waals surface area contributed by atoms with Crippen LogP contribution in [0.1, 0.15) is 18.9 Å². The molecular weight excluding hydrogens is 274 g/mol. The summed E-state index contributed by atoms with van der Waals surface area (Å²) < 4.78 is 27.3. The van der Waals surface area contributed by atoms with Gasteiger partial charge in [-0.15, -0.1) is 0 Å². The Kier molecular flexibility index (Phi) is 4.67. The van der Waals surface area contributed by atoms with Crippen LogP contribution in [0.15, 0.2) is 24.3 Å². The molecule has 1 aliphatic heterocycles. The van der Waals surface area contributed by atoms with Gasteiger partial charge in [-0.05, 0) is 43.6 Å². The Hall–Kier alpha value is -1.11. The zero-order valence-electron chi connectivity index (χ0n) is 12.0. The maximum atomic E-state index is 12.2. The van der Waals surface area contributed by atoms with Gasteiger partial charge in [-0.25, -0.2) is 13.1 Å². The van der Waals surface area contributed by atoms with Crippen LogP contribution in [0, 0.1) is 5.92 Å². The number of anilines is 1. The van der Waals surface area contributed by atoms with Crippen LogP contribution in [-0.2, 0) is 15.8 Å². The van der Waals surface area contributed by atoms with Crippen LogP contribution in [0.25, 0.3) is 0 Å². The molecule has 0 amide bonds. The summed E-state index contributed by atoms with van der Waals surface area (Å²) in [6.07, 6.45) is 0.855. The van der Waals surface area contributed by atoms with E-state index < -0.39 is 10.0 Å². The molecule has 1 fully saturated rings. The first-order valence-corrected chi connectivity index (χ1v) is 8.54. The summed E-state index contributed by atoms with van der Waals surface area (Å²) in [5.74, 6) is 0.307. The van der Waals surface area contributed by atoms with Gasteiger partial charge in [0.1, 0.15) is 0 Å². The lowest BCUT2D eigenvalue weighted by Crippen LogP contribution is -2.49. The Bertz CT molecular complexity index is 559. The molecule has 0 bridgehead atoms. The standard InChI is InChI=1S/C14H23N3O2S/c1-11-9-17(2)7-6-14(11)16-20(18,19)10-12-4-3-5-13(15)8-12/h3-5,8,11,14,16H,6-7,9-10,15H2,1-2H3. The van der Waals surface area contributed by atoms with Gasteiger partial charge in [0.2, 0.25) is 10.0 Å². The van der Waals surface area contributed by atoms with Gasteiger partial charge >= 0.3 is 0 Å². The molecular formula is C14H23N3O2S. The number of nitrogens with one attached hydrogen (secondary N) is 1. The first-order chi connectivity index (χ1) is 9.35. The molecule has 0 spiro atoms. The zero-order chi connectivity index (χ0) is 14.8. The van der Waals surface area contributed by atoms with E-state index in [0.29, 0.717) is 11.6 Å². The molecule has 0 radical (unpaired) electrons. The fourth-order valence-electron chi connectivity index (χ4n) is 2.70. The number of nitrogens with zero attached hydrogens (tertiary/aromatic N) is 1. The van der Waals surface area contributed by atoms with Crippen LogP contribution < -0.4 is 10.5 Å². The van der Waals surface area contributed by atoms with E-state index >= 15 is 0 Å². The maximum Gasteiger partial charge on any atom is 0.216 e. The molecule has 1 saturated heterocycles. The maximum absolute atomic E-state index is 12.2. The Balaban J connectivity index is 2.00. The van der Waals surface area contributed by atoms with Gasteiger partial charge in [0.05, 0.1) is 5.75 Å². The van der Waals surface area contributed by atoms with E-state index in [-0.39, 0.29) is 11.8 Å². The fourth-order valence-corrected chi connectivity index (χ4v) is 4.22. The Morgan fingerprint density at radius 2 is 2.20 bits per heavy atom. The average Bonchev–Trinajstić information content (AvgIpc) is 2.32. The summed E-state index contributed by atoms with van der Waals surface area (Å²) in [6, 6.07) is 7.05. The fraction of sp³-hybridized carbons (Fsp3) is 0.571. The minimum atomic E-state index is -3.33. The summed E-state index contributed by atoms with van der Waals surface area (Å²) in [5.41, 5.74) is 6.99. The summed E-state index contributed by atoms with van der Waals surface area (Å²) in [6.45, 7) is 3.94. The van der Waals surface area contributed by atoms with E-state index in [1.54, 1.807) is 24.3 Å². The van der Waals surface area contributed by atoms with Gasteiger partial charge < -0.3 is 10.6 Å². The highest BCUT2D eigenvalue weighted by Crippen LogP contribution is 2.17. The molecule has 5 nitrogen and oxygen atoms in total. The predicted octanol–water partition coefficient (Wildman–Crippen LogP) is 1.03. The Morgan fingerprint density at radius 1 is 1.45 bits per heavy atom. The van der Waals surface area contributed by atoms with Gasteiger partial charge in [-0.1, -0.05) is 19.1 Å². The summed E-state index contributed by atoms with van der Waals surface area (Å²) >= 11 is 0. The molecule has 2 rings (SSSR count). The van der Waals surface area contributed by atoms with Crippen LogP contribution in [0.2, 0.25) is 0 Å². The SMILES string of the molecule is CC1CN(C)CCC1NS(=O)(=O)Cc1cccc(N)c1. The molecule has 1 aromatic rings. The second kappa shape index (κ2) is 6.11. The van der Waals surface area contributed by atoms with Crippen molar-refractivity contribution in [3.05, 3.63) is 29.8 Å². The summed E-state index contributed by atoms with van der Waals surface area (Å²) in [5, 5.41) is 0. The molecule has 3 N–H and O–H groups in total. The minimum Gasteiger partial charge on any atom is -0.399 e. The lowest BCUT2D eigenvalue weighted by Gasteiger charge is -2.34. The van der Waals surface area contributed by atoms with Crippen molar-refractivity contribution in [1.29, 1.82) is 0 Å². The van der Waals surface area contributed by atoms with Crippen LogP contribution in [0.4, 0.5) is 5.69 Å². The third kappa shape index (κ3) is 4.19. The van der Waals surface area contributed by atoms with Crippen molar-refractivity contribution >= 4 is 15.7 Å². The van der Waals surface area contributed by atoms with E-state index in [4.69, 9.17) is 5.73 Å². The number of piperidine rings is 1. The number of sulfonamides is 1. The molecule has 0 aromatic heterocycles. The second-order valence-corrected chi connectivity index (χ2v) is 7.51. The lowest BCUT2D eigenvalue weighted by molar-refractivity contribution is 0.188. The first kappa shape index (κ1) is 15.3. The van der Waals surface area contributed by atoms with Gasteiger partial charge in [-0.3, -0.25) is 0 Å². The quantitative estimate of drug-likeness (QED) is 0.814. The van der Waals surface area contributed by atoms with Crippen LogP contribution in [0.3, 0.4) is 0 Å². The first-order valence-electron chi connectivity index (χ1n) is 6.89. The molecule has 2 unspecified atom stereocenters. The van der Waals surface area contributed by atoms with Gasteiger partial charge in [0.25, 0.3) is 0 Å². The number of likely N-dealkylation sites (tertiary alicyclic amines) is 1. The smallest absolute Gasteiger partial charge is 0.216 e. The van der Waals surface area contributed by atoms with E-state index in [9.17, 15) is 8.42 Å². The second-order valence-electron chi connectivity index (χ2n) is 5.76. The lowest BCUT2D eigenvalue weighted by atomic mass is 9.95. The molecule has 0 saturated carbocycles. The van der Waals surface area contributed by atoms with E-state index in [1.807, 2.05) is 0 Å². The topological polar surface area (TPSA) is 75.4 Å². The number of hydrogen-bond donors (Lipinski definition) is 2. The van der Waals surface area contributed by atoms with Gasteiger partial charge in [-0.2, -0.15) is 0 Å². The molecule has 20 heavy (non-hydrogen) atoms. The summed E-state index contributed by atoms with van der Waals surface area (Å²) in [7, 11) is -1.26. The summed E-state index contributed by atoms with van der Waals surface area (Å²) in [4.78, 5) is 2.23. The number of nitrogen functional groups attached to an aromatic ring is 1. The van der Waals surface area contributed by atoms with E-state index in [2.05, 4.69) is 23.6 Å². The third-order valence-corrected chi connectivity index (χ3v) is 5.12. The number of benzene rings is 1. The average molecular weight is 297 g/mol. The molecule has 6 heteroatoms. The Labute approximate surface area is 121 Å². The van der Waals surface area contributed by atoms with Gasteiger partial charge in [0.15, 0.2) is 0 Å². The largest absolute Gasteiger partial charge is 0.399 e. The van der Waals surface area contributed by atoms with Crippen LogP contribution >= 0.6 is 0 Å². The number of hydrogen-bond acceptors (Lipinski definition) is 4. The molecule has 1 heterocycles. The highest BCUT2D eigenvalue weighted by Gasteiger charge is 2.27. The van der Waals surface area contributed by atoms with Crippen molar-refractivity contribution in [1.82, 2.24) is 9.62 Å². The van der Waals surface area contributed by atoms with Gasteiger partial charge in [0, 0.05) is 18.3 Å². The molecule has 1 aliphatic rings. The number of nitrogens with two attached hydrogens (primary N) is 1. The monoisotopic (exact) mass is 297 g/mol. The van der Waals surface area contributed by atoms with E-state index in [1.165, 1.54) is 0 Å². The van der Waals surface area contributed by atoms with Crippen molar-refractivity contribution in [3.8, 4) is 0 Å². The van der Waals surface area contributed by atoms with Crippen molar-refractivity contribution in [2.24, 2.45) is 5.92 Å². The third-order valence-electron chi connectivity index (χ3n) is 3.75. The van der Waals surface area contributed by atoms with Crippen molar-refractivity contribution in [3.63, 3.8) is 0 Å². The molecule has 2 atom stereocenters. The highest BCUT2D eigenvalue weighted by atomic mass is 32.2. The highest BCUT2D eigenvalue weighted by molar-refractivity contribution is 7.88. The number of rotatable bonds is 4. The predicted molar refractivity (Wildman–Crippen MR) is 81.7 cm³/mol. The van der Waals surface area contributed by atoms with E-state index in [0.717, 1.165) is 25.1 Å². The molecule has 1 aromatic carbocycles. The van der Waals surface area contributed by atoms with Crippen molar-refractivity contribution in [2.45, 2.75) is 25.1 Å². The van der Waals surface area contributed by atoms with Crippen LogP contribution in [0.5, 0.6) is 0 Å². The Morgan fingerprint density at radius 3 is 2.85 bits per heavy atom. The van der Waals surface area contributed by atoms with Crippen LogP contribution in [-0.4, -0.2) is 39.5 Å². The zero-order valence-corrected chi connectivity index (χ0v) is 12.9.